The van der Waals surface area contributed by atoms with Gasteiger partial charge in [0.15, 0.2) is 0 Å². The van der Waals surface area contributed by atoms with Gasteiger partial charge in [-0.2, -0.15) is 0 Å². The lowest BCUT2D eigenvalue weighted by molar-refractivity contribution is -0.124. The number of rotatable bonds is 7. The largest absolute Gasteiger partial charge is 0.497 e. The number of benzene rings is 2. The van der Waals surface area contributed by atoms with Gasteiger partial charge in [0.25, 0.3) is 5.91 Å². The van der Waals surface area contributed by atoms with Crippen LogP contribution in [0, 0.1) is 11.8 Å². The highest BCUT2D eigenvalue weighted by Crippen LogP contribution is 2.42. The smallest absolute Gasteiger partial charge is 0.254 e. The molecule has 1 N–H and O–H groups in total. The van der Waals surface area contributed by atoms with Gasteiger partial charge < -0.3 is 19.9 Å². The van der Waals surface area contributed by atoms with Crippen molar-refractivity contribution in [3.63, 3.8) is 0 Å². The van der Waals surface area contributed by atoms with Crippen LogP contribution >= 0.6 is 0 Å². The molecule has 6 nitrogen and oxygen atoms in total. The molecule has 1 saturated heterocycles. The van der Waals surface area contributed by atoms with Gasteiger partial charge in [-0.05, 0) is 60.5 Å². The lowest BCUT2D eigenvalue weighted by Crippen LogP contribution is -2.46. The van der Waals surface area contributed by atoms with Gasteiger partial charge >= 0.3 is 0 Å². The van der Waals surface area contributed by atoms with Crippen molar-refractivity contribution in [2.45, 2.75) is 38.6 Å². The number of likely N-dealkylation sites (tertiary alicyclic amines) is 1. The zero-order valence-electron chi connectivity index (χ0n) is 20.8. The third-order valence-electron chi connectivity index (χ3n) is 7.21. The van der Waals surface area contributed by atoms with E-state index in [0.29, 0.717) is 12.1 Å². The molecule has 2 aliphatic heterocycles. The molecule has 2 aromatic carbocycles. The highest BCUT2D eigenvalue weighted by molar-refractivity contribution is 6.01. The van der Waals surface area contributed by atoms with Gasteiger partial charge in [-0.25, -0.2) is 0 Å². The third kappa shape index (κ3) is 5.12. The molecule has 182 valence electrons. The second-order valence-electron chi connectivity index (χ2n) is 10.0. The van der Waals surface area contributed by atoms with Gasteiger partial charge in [0, 0.05) is 32.2 Å². The molecule has 2 amide bonds. The summed E-state index contributed by atoms with van der Waals surface area (Å²) in [5.74, 6) is 1.64. The van der Waals surface area contributed by atoms with Crippen LogP contribution in [0.2, 0.25) is 0 Å². The van der Waals surface area contributed by atoms with Gasteiger partial charge in [-0.15, -0.1) is 0 Å². The molecule has 4 atom stereocenters. The Labute approximate surface area is 203 Å². The lowest BCUT2D eigenvalue weighted by atomic mass is 9.79. The topological polar surface area (TPSA) is 61.9 Å². The van der Waals surface area contributed by atoms with Crippen LogP contribution in [0.25, 0.3) is 0 Å². The van der Waals surface area contributed by atoms with Crippen LogP contribution in [0.1, 0.15) is 60.1 Å². The van der Waals surface area contributed by atoms with Crippen LogP contribution in [0.5, 0.6) is 5.75 Å². The maximum absolute atomic E-state index is 13.6. The highest BCUT2D eigenvalue weighted by atomic mass is 16.5. The van der Waals surface area contributed by atoms with Gasteiger partial charge in [0.05, 0.1) is 19.1 Å². The number of nitrogens with zero attached hydrogens (tertiary/aromatic N) is 2. The van der Waals surface area contributed by atoms with E-state index in [4.69, 9.17) is 4.74 Å². The maximum atomic E-state index is 13.6. The molecule has 0 aromatic heterocycles. The summed E-state index contributed by atoms with van der Waals surface area (Å²) < 4.78 is 5.30. The van der Waals surface area contributed by atoms with E-state index in [1.54, 1.807) is 19.1 Å². The van der Waals surface area contributed by atoms with Crippen molar-refractivity contribution in [2.24, 2.45) is 11.8 Å². The van der Waals surface area contributed by atoms with E-state index in [2.05, 4.69) is 24.1 Å². The minimum Gasteiger partial charge on any atom is -0.497 e. The zero-order chi connectivity index (χ0) is 24.2. The minimum atomic E-state index is -0.470. The predicted octanol–water partition coefficient (Wildman–Crippen LogP) is 4.09. The molecule has 2 aromatic rings. The molecule has 0 saturated carbocycles. The van der Waals surface area contributed by atoms with Crippen molar-refractivity contribution in [3.8, 4) is 5.75 Å². The number of ether oxygens (including phenoxy) is 1. The molecule has 34 heavy (non-hydrogen) atoms. The molecule has 0 aliphatic carbocycles. The number of fused-ring (bicyclic) bond motifs is 1. The van der Waals surface area contributed by atoms with Crippen LogP contribution in [-0.2, 0) is 4.79 Å². The predicted molar refractivity (Wildman–Crippen MR) is 134 cm³/mol. The molecule has 2 aliphatic rings. The first kappa shape index (κ1) is 24.3. The first-order valence-electron chi connectivity index (χ1n) is 12.4. The molecule has 0 radical (unpaired) electrons. The number of hydrogen-bond donors (Lipinski definition) is 1. The Morgan fingerprint density at radius 2 is 1.74 bits per heavy atom. The van der Waals surface area contributed by atoms with Crippen LogP contribution in [0.3, 0.4) is 0 Å². The maximum Gasteiger partial charge on any atom is 0.254 e. The molecular weight excluding hydrogens is 426 g/mol. The Hall–Kier alpha value is -2.86. The number of hydrogen-bond acceptors (Lipinski definition) is 4. The lowest BCUT2D eigenvalue weighted by Gasteiger charge is -2.40. The van der Waals surface area contributed by atoms with E-state index in [1.807, 2.05) is 48.5 Å². The summed E-state index contributed by atoms with van der Waals surface area (Å²) in [4.78, 5) is 31.0. The molecule has 1 fully saturated rings. The quantitative estimate of drug-likeness (QED) is 0.629. The monoisotopic (exact) mass is 463 g/mol. The van der Waals surface area contributed by atoms with Crippen molar-refractivity contribution in [2.75, 3.05) is 40.3 Å². The summed E-state index contributed by atoms with van der Waals surface area (Å²) in [6.07, 6.45) is 2.22. The first-order valence-corrected chi connectivity index (χ1v) is 12.4. The molecule has 4 rings (SSSR count). The van der Waals surface area contributed by atoms with Gasteiger partial charge in [-0.1, -0.05) is 44.2 Å². The molecule has 0 bridgehead atoms. The first-order chi connectivity index (χ1) is 16.4. The Morgan fingerprint density at radius 1 is 1.06 bits per heavy atom. The number of amides is 2. The van der Waals surface area contributed by atoms with Crippen LogP contribution in [0.4, 0.5) is 0 Å². The van der Waals surface area contributed by atoms with E-state index >= 15 is 0 Å². The van der Waals surface area contributed by atoms with E-state index in [0.717, 1.165) is 54.8 Å². The molecule has 2 heterocycles. The van der Waals surface area contributed by atoms with Crippen LogP contribution in [0.15, 0.2) is 48.5 Å². The average Bonchev–Trinajstić information content (AvgIpc) is 2.83. The van der Waals surface area contributed by atoms with Crippen molar-refractivity contribution in [1.82, 2.24) is 15.1 Å². The van der Waals surface area contributed by atoms with Crippen LogP contribution < -0.4 is 10.1 Å². The Kier molecular flexibility index (Phi) is 7.57. The van der Waals surface area contributed by atoms with Crippen LogP contribution in [-0.4, -0.2) is 62.0 Å². The Balaban J connectivity index is 1.50. The number of carbonyl (C=O) groups is 2. The number of piperidine rings is 1. The molecule has 0 spiro atoms. The standard InChI is InChI=1S/C28H37N3O3/c1-19-16-20(2)18-31(17-19)15-7-14-29-27(32)25-23-8-5-6-9-24(23)28(33)30(3)26(25)21-10-12-22(34-4)13-11-21/h5-6,8-13,19-20,25-26H,7,14-18H2,1-4H3,(H,29,32)/t19-,20-,25-,26-/m1/s1. The van der Waals surface area contributed by atoms with Crippen molar-refractivity contribution < 1.29 is 14.3 Å². The summed E-state index contributed by atoms with van der Waals surface area (Å²) in [7, 11) is 3.41. The van der Waals surface area contributed by atoms with E-state index in [1.165, 1.54) is 6.42 Å². The number of likely N-dealkylation sites (N-methyl/N-ethyl adjacent to an activating group) is 1. The average molecular weight is 464 g/mol. The third-order valence-corrected chi connectivity index (χ3v) is 7.21. The minimum absolute atomic E-state index is 0.0343. The molecular formula is C28H37N3O3. The summed E-state index contributed by atoms with van der Waals surface area (Å²) in [6.45, 7) is 8.55. The summed E-state index contributed by atoms with van der Waals surface area (Å²) in [6, 6.07) is 14.8. The second-order valence-corrected chi connectivity index (χ2v) is 10.0. The SMILES string of the molecule is COc1ccc([C@@H]2[C@H](C(=O)NCCCN3C[C@H](C)C[C@@H](C)C3)c3ccccc3C(=O)N2C)cc1. The molecule has 6 heteroatoms. The van der Waals surface area contributed by atoms with Gasteiger partial charge in [0.1, 0.15) is 5.75 Å². The van der Waals surface area contributed by atoms with Crippen molar-refractivity contribution in [3.05, 3.63) is 65.2 Å². The molecule has 0 unspecified atom stereocenters. The van der Waals surface area contributed by atoms with E-state index in [9.17, 15) is 9.59 Å². The van der Waals surface area contributed by atoms with E-state index in [-0.39, 0.29) is 17.9 Å². The second kappa shape index (κ2) is 10.6. The fraction of sp³-hybridized carbons (Fsp3) is 0.500. The van der Waals surface area contributed by atoms with Crippen molar-refractivity contribution >= 4 is 11.8 Å². The van der Waals surface area contributed by atoms with Gasteiger partial charge in [0.2, 0.25) is 5.91 Å². The highest BCUT2D eigenvalue weighted by Gasteiger charge is 2.42. The Bertz CT molecular complexity index is 996. The van der Waals surface area contributed by atoms with E-state index < -0.39 is 5.92 Å². The van der Waals surface area contributed by atoms with Crippen molar-refractivity contribution in [1.29, 1.82) is 0 Å². The number of methoxy groups -OCH3 is 1. The number of nitrogens with one attached hydrogen (secondary N) is 1. The summed E-state index contributed by atoms with van der Waals surface area (Å²) in [5.41, 5.74) is 2.32. The zero-order valence-corrected chi connectivity index (χ0v) is 20.8. The Morgan fingerprint density at radius 3 is 2.41 bits per heavy atom. The summed E-state index contributed by atoms with van der Waals surface area (Å²) in [5, 5.41) is 3.18. The fourth-order valence-corrected chi connectivity index (χ4v) is 5.77. The normalized spacial score (nSPS) is 25.1. The fourth-order valence-electron chi connectivity index (χ4n) is 5.77. The summed E-state index contributed by atoms with van der Waals surface area (Å²) >= 11 is 0. The number of carbonyl (C=O) groups excluding carboxylic acids is 2. The van der Waals surface area contributed by atoms with Gasteiger partial charge in [-0.3, -0.25) is 9.59 Å².